The molecule has 1 aromatic rings. The Hall–Kier alpha value is -2.14. The fourth-order valence-electron chi connectivity index (χ4n) is 2.18. The maximum atomic E-state index is 12.6. The van der Waals surface area contributed by atoms with Gasteiger partial charge in [-0.25, -0.2) is 9.78 Å². The van der Waals surface area contributed by atoms with Gasteiger partial charge in [0.2, 0.25) is 0 Å². The molecular formula is C14H14ClF3N4O. The van der Waals surface area contributed by atoms with Gasteiger partial charge in [0.25, 0.3) is 0 Å². The summed E-state index contributed by atoms with van der Waals surface area (Å²) >= 11 is 5.92. The normalized spacial score (nSPS) is 15.3. The van der Waals surface area contributed by atoms with Gasteiger partial charge < -0.3 is 15.1 Å². The Morgan fingerprint density at radius 1 is 1.39 bits per heavy atom. The fraction of sp³-hybridized carbons (Fsp3) is 0.429. The lowest BCUT2D eigenvalue weighted by molar-refractivity contribution is -0.137. The van der Waals surface area contributed by atoms with E-state index in [2.05, 4.69) is 16.2 Å². The molecular weight excluding hydrogens is 333 g/mol. The first kappa shape index (κ1) is 17.2. The average Bonchev–Trinajstić information content (AvgIpc) is 2.52. The Morgan fingerprint density at radius 2 is 2.04 bits per heavy atom. The van der Waals surface area contributed by atoms with Crippen LogP contribution in [0.2, 0.25) is 5.02 Å². The molecule has 2 amide bonds. The summed E-state index contributed by atoms with van der Waals surface area (Å²) in [6.45, 7) is 1.78. The Bertz CT molecular complexity index is 621. The van der Waals surface area contributed by atoms with E-state index in [4.69, 9.17) is 18.0 Å². The zero-order chi connectivity index (χ0) is 17.0. The minimum Gasteiger partial charge on any atom is -0.352 e. The molecule has 1 fully saturated rings. The summed E-state index contributed by atoms with van der Waals surface area (Å²) in [6, 6.07) is 0.588. The smallest absolute Gasteiger partial charge is 0.352 e. The maximum absolute atomic E-state index is 12.6. The van der Waals surface area contributed by atoms with Crippen LogP contribution in [0, 0.1) is 12.3 Å². The van der Waals surface area contributed by atoms with Crippen LogP contribution in [0.3, 0.4) is 0 Å². The van der Waals surface area contributed by atoms with E-state index in [1.54, 1.807) is 9.80 Å². The van der Waals surface area contributed by atoms with Crippen LogP contribution in [0.25, 0.3) is 0 Å². The number of hydrogen-bond acceptors (Lipinski definition) is 3. The van der Waals surface area contributed by atoms with Crippen molar-refractivity contribution in [2.24, 2.45) is 0 Å². The number of carbonyl (C=O) groups excluding carboxylic acids is 1. The molecule has 1 aliphatic heterocycles. The molecule has 1 aliphatic rings. The van der Waals surface area contributed by atoms with Crippen molar-refractivity contribution in [3.05, 3.63) is 22.8 Å². The highest BCUT2D eigenvalue weighted by Gasteiger charge is 2.32. The van der Waals surface area contributed by atoms with Gasteiger partial charge >= 0.3 is 12.2 Å². The van der Waals surface area contributed by atoms with Crippen molar-refractivity contribution >= 4 is 23.4 Å². The number of nitrogens with one attached hydrogen (secondary N) is 1. The number of piperazine rings is 1. The van der Waals surface area contributed by atoms with Crippen molar-refractivity contribution in [2.45, 2.75) is 6.18 Å². The summed E-state index contributed by atoms with van der Waals surface area (Å²) in [7, 11) is 0. The van der Waals surface area contributed by atoms with E-state index >= 15 is 0 Å². The Kier molecular flexibility index (Phi) is 5.21. The first-order valence-electron chi connectivity index (χ1n) is 6.77. The highest BCUT2D eigenvalue weighted by Crippen LogP contribution is 2.33. The second-order valence-electron chi connectivity index (χ2n) is 4.86. The predicted molar refractivity (Wildman–Crippen MR) is 80.3 cm³/mol. The maximum Gasteiger partial charge on any atom is 0.417 e. The molecule has 0 aliphatic carbocycles. The van der Waals surface area contributed by atoms with Gasteiger partial charge in [0.05, 0.1) is 17.1 Å². The largest absolute Gasteiger partial charge is 0.417 e. The number of alkyl halides is 3. The number of hydrogen-bond donors (Lipinski definition) is 1. The quantitative estimate of drug-likeness (QED) is 0.835. The monoisotopic (exact) mass is 346 g/mol. The predicted octanol–water partition coefficient (Wildman–Crippen LogP) is 2.22. The third kappa shape index (κ3) is 4.20. The molecule has 0 bridgehead atoms. The van der Waals surface area contributed by atoms with E-state index in [1.807, 2.05) is 0 Å². The number of amides is 2. The number of carbonyl (C=O) groups is 1. The molecule has 5 nitrogen and oxygen atoms in total. The van der Waals surface area contributed by atoms with E-state index in [0.717, 1.165) is 12.3 Å². The number of nitrogens with zero attached hydrogens (tertiary/aromatic N) is 3. The van der Waals surface area contributed by atoms with Crippen LogP contribution < -0.4 is 10.2 Å². The zero-order valence-corrected chi connectivity index (χ0v) is 12.8. The minimum absolute atomic E-state index is 0.0648. The SMILES string of the molecule is C#CCNC(=O)N1CCN(c2ncc(C(F)(F)F)cc2Cl)CC1. The third-order valence-corrected chi connectivity index (χ3v) is 3.64. The summed E-state index contributed by atoms with van der Waals surface area (Å²) in [5.74, 6) is 2.59. The number of rotatable bonds is 2. The number of anilines is 1. The molecule has 0 unspecified atom stereocenters. The van der Waals surface area contributed by atoms with Gasteiger partial charge in [-0.3, -0.25) is 0 Å². The molecule has 124 valence electrons. The van der Waals surface area contributed by atoms with Crippen molar-refractivity contribution in [2.75, 3.05) is 37.6 Å². The zero-order valence-electron chi connectivity index (χ0n) is 12.0. The molecule has 1 aromatic heterocycles. The van der Waals surface area contributed by atoms with Gasteiger partial charge in [0.1, 0.15) is 5.82 Å². The van der Waals surface area contributed by atoms with Crippen molar-refractivity contribution in [1.29, 1.82) is 0 Å². The van der Waals surface area contributed by atoms with Gasteiger partial charge in [-0.2, -0.15) is 13.2 Å². The van der Waals surface area contributed by atoms with E-state index < -0.39 is 11.7 Å². The lowest BCUT2D eigenvalue weighted by atomic mass is 10.2. The molecule has 0 radical (unpaired) electrons. The molecule has 2 heterocycles. The van der Waals surface area contributed by atoms with Crippen LogP contribution in [0.5, 0.6) is 0 Å². The highest BCUT2D eigenvalue weighted by atomic mass is 35.5. The number of aromatic nitrogens is 1. The lowest BCUT2D eigenvalue weighted by Gasteiger charge is -2.35. The second kappa shape index (κ2) is 6.96. The topological polar surface area (TPSA) is 48.5 Å². The Balaban J connectivity index is 2.01. The standard InChI is InChI=1S/C14H14ClF3N4O/c1-2-3-19-13(23)22-6-4-21(5-7-22)12-11(15)8-10(9-20-12)14(16,17)18/h1,8-9H,3-7H2,(H,19,23). The molecule has 9 heteroatoms. The number of halogens is 4. The van der Waals surface area contributed by atoms with Gasteiger partial charge in [-0.05, 0) is 6.07 Å². The van der Waals surface area contributed by atoms with Crippen molar-refractivity contribution in [3.63, 3.8) is 0 Å². The summed E-state index contributed by atoms with van der Waals surface area (Å²) in [4.78, 5) is 18.9. The molecule has 1 N–H and O–H groups in total. The van der Waals surface area contributed by atoms with Crippen molar-refractivity contribution in [3.8, 4) is 12.3 Å². The van der Waals surface area contributed by atoms with Crippen molar-refractivity contribution < 1.29 is 18.0 Å². The Labute approximate surface area is 136 Å². The molecule has 0 spiro atoms. The summed E-state index contributed by atoms with van der Waals surface area (Å²) < 4.78 is 37.8. The van der Waals surface area contributed by atoms with Gasteiger partial charge in [-0.15, -0.1) is 6.42 Å². The molecule has 23 heavy (non-hydrogen) atoms. The first-order valence-corrected chi connectivity index (χ1v) is 7.14. The van der Waals surface area contributed by atoms with Gasteiger partial charge in [0, 0.05) is 32.4 Å². The van der Waals surface area contributed by atoms with Crippen LogP contribution in [0.1, 0.15) is 5.56 Å². The highest BCUT2D eigenvalue weighted by molar-refractivity contribution is 6.33. The third-order valence-electron chi connectivity index (χ3n) is 3.36. The van der Waals surface area contributed by atoms with Crippen LogP contribution in [0.15, 0.2) is 12.3 Å². The minimum atomic E-state index is -4.48. The summed E-state index contributed by atoms with van der Waals surface area (Å²) in [6.07, 6.45) is 1.34. The van der Waals surface area contributed by atoms with E-state index in [-0.39, 0.29) is 23.4 Å². The average molecular weight is 347 g/mol. The van der Waals surface area contributed by atoms with E-state index in [0.29, 0.717) is 26.2 Å². The van der Waals surface area contributed by atoms with Gasteiger partial charge in [0.15, 0.2) is 0 Å². The summed E-state index contributed by atoms with van der Waals surface area (Å²) in [5, 5.41) is 2.49. The second-order valence-corrected chi connectivity index (χ2v) is 5.27. The van der Waals surface area contributed by atoms with Crippen LogP contribution in [-0.4, -0.2) is 48.6 Å². The molecule has 1 saturated heterocycles. The molecule has 0 atom stereocenters. The van der Waals surface area contributed by atoms with Crippen molar-refractivity contribution in [1.82, 2.24) is 15.2 Å². The number of urea groups is 1. The van der Waals surface area contributed by atoms with Gasteiger partial charge in [-0.1, -0.05) is 17.5 Å². The fourth-order valence-corrected chi connectivity index (χ4v) is 2.46. The number of terminal acetylenes is 1. The van der Waals surface area contributed by atoms with E-state index in [9.17, 15) is 18.0 Å². The van der Waals surface area contributed by atoms with E-state index in [1.165, 1.54) is 0 Å². The Morgan fingerprint density at radius 3 is 2.57 bits per heavy atom. The number of pyridine rings is 1. The first-order chi connectivity index (χ1) is 10.8. The molecule has 2 rings (SSSR count). The molecule has 0 aromatic carbocycles. The lowest BCUT2D eigenvalue weighted by Crippen LogP contribution is -2.52. The van der Waals surface area contributed by atoms with Crippen LogP contribution in [-0.2, 0) is 6.18 Å². The van der Waals surface area contributed by atoms with Crippen LogP contribution in [0.4, 0.5) is 23.8 Å². The van der Waals surface area contributed by atoms with Crippen LogP contribution >= 0.6 is 11.6 Å². The summed E-state index contributed by atoms with van der Waals surface area (Å²) in [5.41, 5.74) is -0.890. The molecule has 0 saturated carbocycles.